The van der Waals surface area contributed by atoms with E-state index in [-0.39, 0.29) is 5.75 Å². The second-order valence-electron chi connectivity index (χ2n) is 3.44. The first-order valence-electron chi connectivity index (χ1n) is 4.99. The largest absolute Gasteiger partial charge is 0.872 e. The number of aromatic nitrogens is 1. The van der Waals surface area contributed by atoms with E-state index in [4.69, 9.17) is 0 Å². The van der Waals surface area contributed by atoms with Crippen molar-refractivity contribution in [1.82, 2.24) is 4.98 Å². The van der Waals surface area contributed by atoms with Gasteiger partial charge in [-0.2, -0.15) is 0 Å². The molecular weight excluding hydrogens is 200 g/mol. The van der Waals surface area contributed by atoms with Crippen LogP contribution in [-0.2, 0) is 0 Å². The van der Waals surface area contributed by atoms with Crippen LogP contribution in [0, 0.1) is 6.92 Å². The fraction of sp³-hybridized carbons (Fsp3) is 0.0769. The lowest BCUT2D eigenvalue weighted by atomic mass is 10.2. The molecule has 1 aromatic heterocycles. The minimum atomic E-state index is -0.0279. The van der Waals surface area contributed by atoms with Crippen LogP contribution in [-0.4, -0.2) is 11.2 Å². The number of nitrogens with zero attached hydrogens (tertiary/aromatic N) is 2. The van der Waals surface area contributed by atoms with Crippen molar-refractivity contribution in [3.8, 4) is 5.75 Å². The van der Waals surface area contributed by atoms with Gasteiger partial charge in [0.15, 0.2) is 5.82 Å². The van der Waals surface area contributed by atoms with Crippen LogP contribution >= 0.6 is 0 Å². The first kappa shape index (κ1) is 10.4. The maximum Gasteiger partial charge on any atom is 0.154 e. The van der Waals surface area contributed by atoms with Gasteiger partial charge in [-0.3, -0.25) is 0 Å². The van der Waals surface area contributed by atoms with E-state index in [9.17, 15) is 5.11 Å². The van der Waals surface area contributed by atoms with E-state index >= 15 is 0 Å². The Labute approximate surface area is 94.1 Å². The van der Waals surface area contributed by atoms with E-state index in [1.807, 2.05) is 25.1 Å². The van der Waals surface area contributed by atoms with E-state index in [1.54, 1.807) is 24.5 Å². The fourth-order valence-corrected chi connectivity index (χ4v) is 1.33. The minimum Gasteiger partial charge on any atom is -0.872 e. The summed E-state index contributed by atoms with van der Waals surface area (Å²) in [4.78, 5) is 8.32. The van der Waals surface area contributed by atoms with Gasteiger partial charge >= 0.3 is 0 Å². The van der Waals surface area contributed by atoms with Crippen molar-refractivity contribution in [3.63, 3.8) is 0 Å². The summed E-state index contributed by atoms with van der Waals surface area (Å²) in [5, 5.41) is 11.4. The van der Waals surface area contributed by atoms with Crippen molar-refractivity contribution in [2.45, 2.75) is 6.92 Å². The lowest BCUT2D eigenvalue weighted by Gasteiger charge is -2.07. The standard InChI is InChI=1S/C13H12N2O/c1-10-5-4-8-14-13(10)15-9-11-6-2-3-7-12(11)16/h2-9,16H,1H3/p-1. The third-order valence-electron chi connectivity index (χ3n) is 2.23. The molecule has 2 aromatic rings. The summed E-state index contributed by atoms with van der Waals surface area (Å²) in [7, 11) is 0. The first-order chi connectivity index (χ1) is 7.77. The summed E-state index contributed by atoms with van der Waals surface area (Å²) in [6, 6.07) is 10.6. The van der Waals surface area contributed by atoms with Crippen LogP contribution in [0.15, 0.2) is 47.6 Å². The van der Waals surface area contributed by atoms with E-state index in [2.05, 4.69) is 9.98 Å². The van der Waals surface area contributed by atoms with Crippen LogP contribution in [0.4, 0.5) is 5.82 Å². The average Bonchev–Trinajstić information content (AvgIpc) is 2.30. The molecule has 0 N–H and O–H groups in total. The van der Waals surface area contributed by atoms with E-state index < -0.39 is 0 Å². The molecule has 0 spiro atoms. The molecule has 1 aromatic carbocycles. The Morgan fingerprint density at radius 1 is 1.19 bits per heavy atom. The molecule has 0 saturated carbocycles. The van der Waals surface area contributed by atoms with Gasteiger partial charge in [-0.05, 0) is 24.1 Å². The van der Waals surface area contributed by atoms with Crippen LogP contribution in [0.5, 0.6) is 5.75 Å². The zero-order chi connectivity index (χ0) is 11.4. The zero-order valence-corrected chi connectivity index (χ0v) is 8.92. The topological polar surface area (TPSA) is 48.3 Å². The van der Waals surface area contributed by atoms with Crippen molar-refractivity contribution in [3.05, 3.63) is 53.7 Å². The Morgan fingerprint density at radius 3 is 2.75 bits per heavy atom. The summed E-state index contributed by atoms with van der Waals surface area (Å²) in [6.45, 7) is 1.93. The van der Waals surface area contributed by atoms with Gasteiger partial charge in [-0.15, -0.1) is 5.75 Å². The minimum absolute atomic E-state index is 0.0279. The molecule has 0 aliphatic rings. The van der Waals surface area contributed by atoms with Crippen molar-refractivity contribution < 1.29 is 5.11 Å². The Morgan fingerprint density at radius 2 is 2.00 bits per heavy atom. The third-order valence-corrected chi connectivity index (χ3v) is 2.23. The van der Waals surface area contributed by atoms with Gasteiger partial charge in [-0.1, -0.05) is 30.3 Å². The van der Waals surface area contributed by atoms with Crippen molar-refractivity contribution >= 4 is 12.0 Å². The summed E-state index contributed by atoms with van der Waals surface area (Å²) >= 11 is 0. The molecule has 1 heterocycles. The number of pyridine rings is 1. The number of benzene rings is 1. The summed E-state index contributed by atoms with van der Waals surface area (Å²) in [6.07, 6.45) is 3.24. The van der Waals surface area contributed by atoms with Crippen LogP contribution in [0.25, 0.3) is 0 Å². The fourth-order valence-electron chi connectivity index (χ4n) is 1.33. The molecule has 0 unspecified atom stereocenters. The Kier molecular flexibility index (Phi) is 2.96. The van der Waals surface area contributed by atoms with Crippen LogP contribution < -0.4 is 5.11 Å². The van der Waals surface area contributed by atoms with Gasteiger partial charge in [0.25, 0.3) is 0 Å². The average molecular weight is 211 g/mol. The van der Waals surface area contributed by atoms with Gasteiger partial charge < -0.3 is 5.11 Å². The van der Waals surface area contributed by atoms with Crippen LogP contribution in [0.3, 0.4) is 0 Å². The Bertz CT molecular complexity index is 473. The number of hydrogen-bond donors (Lipinski definition) is 0. The van der Waals surface area contributed by atoms with Crippen LogP contribution in [0.1, 0.15) is 11.1 Å². The number of aliphatic imine (C=N–C) groups is 1. The maximum absolute atomic E-state index is 11.4. The SMILES string of the molecule is Cc1cccnc1N=Cc1ccccc1[O-]. The highest BCUT2D eigenvalue weighted by molar-refractivity contribution is 5.84. The van der Waals surface area contributed by atoms with E-state index in [0.717, 1.165) is 5.56 Å². The van der Waals surface area contributed by atoms with Crippen molar-refractivity contribution in [2.75, 3.05) is 0 Å². The number of hydrogen-bond acceptors (Lipinski definition) is 3. The molecular formula is C13H11N2O-. The molecule has 2 rings (SSSR count). The van der Waals surface area contributed by atoms with Gasteiger partial charge in [0.1, 0.15) is 0 Å². The molecule has 0 fully saturated rings. The summed E-state index contributed by atoms with van der Waals surface area (Å²) < 4.78 is 0. The second kappa shape index (κ2) is 4.57. The summed E-state index contributed by atoms with van der Waals surface area (Å²) in [5.74, 6) is 0.616. The molecule has 0 radical (unpaired) electrons. The molecule has 80 valence electrons. The van der Waals surface area contributed by atoms with Gasteiger partial charge in [0.2, 0.25) is 0 Å². The molecule has 0 bridgehead atoms. The monoisotopic (exact) mass is 211 g/mol. The number of aryl methyl sites for hydroxylation is 1. The zero-order valence-electron chi connectivity index (χ0n) is 8.92. The molecule has 3 heteroatoms. The second-order valence-corrected chi connectivity index (χ2v) is 3.44. The highest BCUT2D eigenvalue weighted by atomic mass is 16.3. The molecule has 0 aliphatic heterocycles. The predicted molar refractivity (Wildman–Crippen MR) is 62.1 cm³/mol. The highest BCUT2D eigenvalue weighted by Gasteiger charge is 1.94. The predicted octanol–water partition coefficient (Wildman–Crippen LogP) is 2.21. The van der Waals surface area contributed by atoms with Gasteiger partial charge in [-0.25, -0.2) is 9.98 Å². The summed E-state index contributed by atoms with van der Waals surface area (Å²) in [5.41, 5.74) is 1.56. The van der Waals surface area contributed by atoms with E-state index in [0.29, 0.717) is 11.4 Å². The lowest BCUT2D eigenvalue weighted by Crippen LogP contribution is -1.95. The number of rotatable bonds is 2. The molecule has 0 atom stereocenters. The Hall–Kier alpha value is -2.16. The first-order valence-corrected chi connectivity index (χ1v) is 4.99. The molecule has 0 aliphatic carbocycles. The van der Waals surface area contributed by atoms with Gasteiger partial charge in [0, 0.05) is 12.4 Å². The molecule has 0 amide bonds. The number of para-hydroxylation sites is 1. The quantitative estimate of drug-likeness (QED) is 0.715. The van der Waals surface area contributed by atoms with E-state index in [1.165, 1.54) is 6.07 Å². The molecule has 16 heavy (non-hydrogen) atoms. The Balaban J connectivity index is 2.29. The van der Waals surface area contributed by atoms with Crippen molar-refractivity contribution in [2.24, 2.45) is 4.99 Å². The smallest absolute Gasteiger partial charge is 0.154 e. The van der Waals surface area contributed by atoms with Crippen LogP contribution in [0.2, 0.25) is 0 Å². The van der Waals surface area contributed by atoms with Crippen molar-refractivity contribution in [1.29, 1.82) is 0 Å². The van der Waals surface area contributed by atoms with Gasteiger partial charge in [0.05, 0.1) is 0 Å². The molecule has 3 nitrogen and oxygen atoms in total. The maximum atomic E-state index is 11.4. The highest BCUT2D eigenvalue weighted by Crippen LogP contribution is 2.15. The normalized spacial score (nSPS) is 10.8. The molecule has 0 saturated heterocycles. The lowest BCUT2D eigenvalue weighted by molar-refractivity contribution is -0.268. The third kappa shape index (κ3) is 2.25.